The highest BCUT2D eigenvalue weighted by molar-refractivity contribution is 5.84. The first-order valence-corrected chi connectivity index (χ1v) is 3.96. The fourth-order valence-electron chi connectivity index (χ4n) is 1.11. The van der Waals surface area contributed by atoms with Gasteiger partial charge in [0.25, 0.3) is 0 Å². The van der Waals surface area contributed by atoms with Crippen molar-refractivity contribution >= 4 is 5.97 Å². The highest BCUT2D eigenvalue weighted by atomic mass is 16.4. The molecule has 2 aromatic rings. The summed E-state index contributed by atoms with van der Waals surface area (Å²) in [4.78, 5) is 20.8. The van der Waals surface area contributed by atoms with Crippen LogP contribution in [0, 0.1) is 0 Å². The topological polar surface area (TPSA) is 78.9 Å². The van der Waals surface area contributed by atoms with Crippen LogP contribution in [0.5, 0.6) is 0 Å². The van der Waals surface area contributed by atoms with Crippen LogP contribution in [-0.4, -0.2) is 26.0 Å². The number of nitrogens with zero attached hydrogens (tertiary/aromatic N) is 2. The standard InChI is InChI=1S/C9H7N3O2/c13-9(14)8-11-5-7(12-8)6-1-3-10-4-2-6/h1-5H,(H,11,12)(H,13,14). The Balaban J connectivity index is 2.39. The van der Waals surface area contributed by atoms with Crippen molar-refractivity contribution in [1.82, 2.24) is 15.0 Å². The highest BCUT2D eigenvalue weighted by Crippen LogP contribution is 2.14. The van der Waals surface area contributed by atoms with Crippen molar-refractivity contribution < 1.29 is 9.90 Å². The zero-order valence-corrected chi connectivity index (χ0v) is 7.14. The van der Waals surface area contributed by atoms with Gasteiger partial charge in [-0.3, -0.25) is 4.98 Å². The summed E-state index contributed by atoms with van der Waals surface area (Å²) < 4.78 is 0. The average Bonchev–Trinajstić information content (AvgIpc) is 2.68. The Labute approximate surface area is 79.5 Å². The summed E-state index contributed by atoms with van der Waals surface area (Å²) in [6.45, 7) is 0. The van der Waals surface area contributed by atoms with Crippen molar-refractivity contribution in [2.24, 2.45) is 0 Å². The van der Waals surface area contributed by atoms with E-state index in [4.69, 9.17) is 5.11 Å². The molecule has 0 atom stereocenters. The summed E-state index contributed by atoms with van der Waals surface area (Å²) in [6.07, 6.45) is 4.76. The predicted molar refractivity (Wildman–Crippen MR) is 48.8 cm³/mol. The Morgan fingerprint density at radius 1 is 1.36 bits per heavy atom. The molecule has 2 rings (SSSR count). The molecule has 2 heterocycles. The number of nitrogens with one attached hydrogen (secondary N) is 1. The number of imidazole rings is 1. The minimum Gasteiger partial charge on any atom is -0.475 e. The maximum atomic E-state index is 10.5. The van der Waals surface area contributed by atoms with E-state index in [1.807, 2.05) is 0 Å². The first-order valence-electron chi connectivity index (χ1n) is 3.96. The van der Waals surface area contributed by atoms with Crippen molar-refractivity contribution in [2.45, 2.75) is 0 Å². The van der Waals surface area contributed by atoms with Crippen LogP contribution >= 0.6 is 0 Å². The van der Waals surface area contributed by atoms with Crippen molar-refractivity contribution in [2.75, 3.05) is 0 Å². The summed E-state index contributed by atoms with van der Waals surface area (Å²) >= 11 is 0. The maximum absolute atomic E-state index is 10.5. The molecule has 0 saturated carbocycles. The second-order valence-electron chi connectivity index (χ2n) is 2.69. The van der Waals surface area contributed by atoms with Crippen LogP contribution in [0.3, 0.4) is 0 Å². The van der Waals surface area contributed by atoms with Gasteiger partial charge < -0.3 is 10.1 Å². The molecule has 0 aromatic carbocycles. The average molecular weight is 189 g/mol. The van der Waals surface area contributed by atoms with E-state index in [1.165, 1.54) is 6.20 Å². The third-order valence-corrected chi connectivity index (χ3v) is 1.77. The lowest BCUT2D eigenvalue weighted by molar-refractivity contribution is 0.0685. The molecular weight excluding hydrogens is 182 g/mol. The van der Waals surface area contributed by atoms with E-state index in [0.717, 1.165) is 5.56 Å². The van der Waals surface area contributed by atoms with Crippen LogP contribution in [0.25, 0.3) is 11.3 Å². The van der Waals surface area contributed by atoms with Gasteiger partial charge in [-0.25, -0.2) is 9.78 Å². The normalized spacial score (nSPS) is 10.0. The number of aromatic amines is 1. The second kappa shape index (κ2) is 3.29. The summed E-state index contributed by atoms with van der Waals surface area (Å²) in [6, 6.07) is 3.55. The second-order valence-corrected chi connectivity index (χ2v) is 2.69. The summed E-state index contributed by atoms with van der Waals surface area (Å²) in [5.41, 5.74) is 1.53. The fourth-order valence-corrected chi connectivity index (χ4v) is 1.11. The molecule has 5 nitrogen and oxygen atoms in total. The molecule has 0 bridgehead atoms. The molecule has 0 saturated heterocycles. The Morgan fingerprint density at radius 3 is 2.64 bits per heavy atom. The quantitative estimate of drug-likeness (QED) is 0.743. The molecule has 0 radical (unpaired) electrons. The van der Waals surface area contributed by atoms with E-state index in [0.29, 0.717) is 5.69 Å². The van der Waals surface area contributed by atoms with Gasteiger partial charge in [0.1, 0.15) is 0 Å². The SMILES string of the molecule is O=C(O)c1ncc(-c2ccncc2)[nH]1. The summed E-state index contributed by atoms with van der Waals surface area (Å²) in [7, 11) is 0. The molecule has 0 aliphatic heterocycles. The smallest absolute Gasteiger partial charge is 0.371 e. The molecule has 14 heavy (non-hydrogen) atoms. The van der Waals surface area contributed by atoms with Gasteiger partial charge in [0.2, 0.25) is 5.82 Å². The molecule has 0 unspecified atom stereocenters. The Kier molecular flexibility index (Phi) is 1.98. The lowest BCUT2D eigenvalue weighted by Crippen LogP contribution is -1.98. The van der Waals surface area contributed by atoms with Crippen LogP contribution in [0.2, 0.25) is 0 Å². The molecule has 0 aliphatic rings. The van der Waals surface area contributed by atoms with Crippen molar-refractivity contribution in [3.63, 3.8) is 0 Å². The molecule has 0 aliphatic carbocycles. The van der Waals surface area contributed by atoms with Crippen LogP contribution in [0.1, 0.15) is 10.6 Å². The first kappa shape index (κ1) is 8.43. The fraction of sp³-hybridized carbons (Fsp3) is 0. The molecule has 5 heteroatoms. The van der Waals surface area contributed by atoms with Crippen molar-refractivity contribution in [3.8, 4) is 11.3 Å². The third-order valence-electron chi connectivity index (χ3n) is 1.77. The Morgan fingerprint density at radius 2 is 2.07 bits per heavy atom. The minimum absolute atomic E-state index is 0.0585. The third kappa shape index (κ3) is 1.47. The van der Waals surface area contributed by atoms with Gasteiger partial charge >= 0.3 is 5.97 Å². The number of aromatic carboxylic acids is 1. The molecule has 2 N–H and O–H groups in total. The van der Waals surface area contributed by atoms with E-state index in [1.54, 1.807) is 24.5 Å². The number of rotatable bonds is 2. The number of H-pyrrole nitrogens is 1. The Hall–Kier alpha value is -2.17. The van der Waals surface area contributed by atoms with Crippen molar-refractivity contribution in [1.29, 1.82) is 0 Å². The van der Waals surface area contributed by atoms with Gasteiger partial charge in [-0.15, -0.1) is 0 Å². The van der Waals surface area contributed by atoms with Gasteiger partial charge in [0, 0.05) is 18.0 Å². The molecule has 0 spiro atoms. The van der Waals surface area contributed by atoms with Crippen LogP contribution < -0.4 is 0 Å². The van der Waals surface area contributed by atoms with E-state index < -0.39 is 5.97 Å². The van der Waals surface area contributed by atoms with Gasteiger partial charge in [0.05, 0.1) is 11.9 Å². The van der Waals surface area contributed by atoms with Crippen LogP contribution in [0.15, 0.2) is 30.7 Å². The van der Waals surface area contributed by atoms with E-state index in [-0.39, 0.29) is 5.82 Å². The van der Waals surface area contributed by atoms with Crippen LogP contribution in [-0.2, 0) is 0 Å². The summed E-state index contributed by atoms with van der Waals surface area (Å²) in [5, 5.41) is 8.64. The number of hydrogen-bond acceptors (Lipinski definition) is 3. The number of aromatic nitrogens is 3. The molecule has 0 fully saturated rings. The molecular formula is C9H7N3O2. The molecule has 0 amide bonds. The molecule has 70 valence electrons. The first-order chi connectivity index (χ1) is 6.77. The lowest BCUT2D eigenvalue weighted by atomic mass is 10.2. The van der Waals surface area contributed by atoms with Gasteiger partial charge in [-0.05, 0) is 12.1 Å². The zero-order chi connectivity index (χ0) is 9.97. The number of carbonyl (C=O) groups is 1. The monoisotopic (exact) mass is 189 g/mol. The van der Waals surface area contributed by atoms with E-state index in [9.17, 15) is 4.79 Å². The summed E-state index contributed by atoms with van der Waals surface area (Å²) in [5.74, 6) is -1.12. The van der Waals surface area contributed by atoms with Crippen molar-refractivity contribution in [3.05, 3.63) is 36.5 Å². The van der Waals surface area contributed by atoms with Gasteiger partial charge in [0.15, 0.2) is 0 Å². The number of carboxylic acid groups (broad SMARTS) is 1. The lowest BCUT2D eigenvalue weighted by Gasteiger charge is -1.93. The Bertz CT molecular complexity index is 450. The molecule has 2 aromatic heterocycles. The van der Waals surface area contributed by atoms with Gasteiger partial charge in [-0.2, -0.15) is 0 Å². The predicted octanol–water partition coefficient (Wildman–Crippen LogP) is 1.17. The minimum atomic E-state index is -1.06. The number of hydrogen-bond donors (Lipinski definition) is 2. The number of carboxylic acids is 1. The maximum Gasteiger partial charge on any atom is 0.371 e. The van der Waals surface area contributed by atoms with Crippen LogP contribution in [0.4, 0.5) is 0 Å². The zero-order valence-electron chi connectivity index (χ0n) is 7.14. The van der Waals surface area contributed by atoms with Gasteiger partial charge in [-0.1, -0.05) is 0 Å². The largest absolute Gasteiger partial charge is 0.475 e. The highest BCUT2D eigenvalue weighted by Gasteiger charge is 2.08. The van der Waals surface area contributed by atoms with E-state index in [2.05, 4.69) is 15.0 Å². The number of pyridine rings is 1. The van der Waals surface area contributed by atoms with E-state index >= 15 is 0 Å².